The number of rotatable bonds is 4. The van der Waals surface area contributed by atoms with E-state index in [0.29, 0.717) is 0 Å². The molecule has 1 unspecified atom stereocenters. The fourth-order valence-corrected chi connectivity index (χ4v) is 2.49. The molecule has 0 saturated heterocycles. The summed E-state index contributed by atoms with van der Waals surface area (Å²) in [5.74, 6) is 0.774. The van der Waals surface area contributed by atoms with E-state index >= 15 is 0 Å². The SMILES string of the molecule is CC(C)[S+]([O-])NCC1CCCCC1. The van der Waals surface area contributed by atoms with Gasteiger partial charge in [-0.15, -0.1) is 4.72 Å². The van der Waals surface area contributed by atoms with Crippen molar-refractivity contribution in [3.05, 3.63) is 0 Å². The Hall–Kier alpha value is 0.270. The lowest BCUT2D eigenvalue weighted by molar-refractivity contribution is 0.357. The molecule has 0 spiro atoms. The summed E-state index contributed by atoms with van der Waals surface area (Å²) in [5, 5.41) is 0.239. The molecule has 1 N–H and O–H groups in total. The average Bonchev–Trinajstić information content (AvgIpc) is 2.15. The van der Waals surface area contributed by atoms with E-state index in [4.69, 9.17) is 0 Å². The van der Waals surface area contributed by atoms with E-state index in [2.05, 4.69) is 4.72 Å². The number of nitrogens with one attached hydrogen (secondary N) is 1. The largest absolute Gasteiger partial charge is 0.598 e. The van der Waals surface area contributed by atoms with Crippen LogP contribution < -0.4 is 4.72 Å². The Morgan fingerprint density at radius 2 is 1.92 bits per heavy atom. The van der Waals surface area contributed by atoms with Crippen molar-refractivity contribution in [2.75, 3.05) is 6.54 Å². The Morgan fingerprint density at radius 1 is 1.31 bits per heavy atom. The molecule has 1 atom stereocenters. The normalized spacial score (nSPS) is 22.2. The minimum atomic E-state index is -0.823. The summed E-state index contributed by atoms with van der Waals surface area (Å²) in [4.78, 5) is 0. The van der Waals surface area contributed by atoms with Crippen LogP contribution in [0.25, 0.3) is 0 Å². The van der Waals surface area contributed by atoms with Crippen molar-refractivity contribution in [1.82, 2.24) is 4.72 Å². The second-order valence-electron chi connectivity index (χ2n) is 4.20. The standard InChI is InChI=1S/C10H21NOS/c1-9(2)13(12)11-8-10-6-4-3-5-7-10/h9-11H,3-8H2,1-2H3. The van der Waals surface area contributed by atoms with Gasteiger partial charge in [0.05, 0.1) is 0 Å². The van der Waals surface area contributed by atoms with Crippen LogP contribution in [0.1, 0.15) is 46.0 Å². The van der Waals surface area contributed by atoms with E-state index in [0.717, 1.165) is 12.5 Å². The number of hydrogen-bond donors (Lipinski definition) is 1. The van der Waals surface area contributed by atoms with E-state index in [1.165, 1.54) is 32.1 Å². The van der Waals surface area contributed by atoms with E-state index in [9.17, 15) is 4.55 Å². The van der Waals surface area contributed by atoms with E-state index in [-0.39, 0.29) is 5.25 Å². The summed E-state index contributed by atoms with van der Waals surface area (Å²) in [5.41, 5.74) is 0. The zero-order valence-electron chi connectivity index (χ0n) is 8.71. The van der Waals surface area contributed by atoms with E-state index < -0.39 is 11.4 Å². The molecule has 0 radical (unpaired) electrons. The van der Waals surface area contributed by atoms with Crippen LogP contribution in [-0.2, 0) is 11.4 Å². The summed E-state index contributed by atoms with van der Waals surface area (Å²) in [7, 11) is 0. The molecular formula is C10H21NOS. The Balaban J connectivity index is 2.10. The highest BCUT2D eigenvalue weighted by Crippen LogP contribution is 2.22. The zero-order valence-corrected chi connectivity index (χ0v) is 9.53. The van der Waals surface area contributed by atoms with Gasteiger partial charge in [-0.2, -0.15) is 0 Å². The Bertz CT molecular complexity index is 135. The van der Waals surface area contributed by atoms with Gasteiger partial charge in [0.2, 0.25) is 0 Å². The third-order valence-corrected chi connectivity index (χ3v) is 3.97. The van der Waals surface area contributed by atoms with Crippen LogP contribution >= 0.6 is 0 Å². The van der Waals surface area contributed by atoms with E-state index in [1.807, 2.05) is 13.8 Å². The fraction of sp³-hybridized carbons (Fsp3) is 1.00. The minimum absolute atomic E-state index is 0.239. The first-order chi connectivity index (χ1) is 6.20. The van der Waals surface area contributed by atoms with Crippen molar-refractivity contribution in [3.63, 3.8) is 0 Å². The molecular weight excluding hydrogens is 182 g/mol. The highest BCUT2D eigenvalue weighted by Gasteiger charge is 2.17. The minimum Gasteiger partial charge on any atom is -0.598 e. The Morgan fingerprint density at radius 3 is 2.46 bits per heavy atom. The van der Waals surface area contributed by atoms with Crippen LogP contribution in [0.4, 0.5) is 0 Å². The molecule has 1 fully saturated rings. The van der Waals surface area contributed by atoms with Crippen LogP contribution in [0.15, 0.2) is 0 Å². The first kappa shape index (κ1) is 11.3. The summed E-state index contributed by atoms with van der Waals surface area (Å²) in [6.07, 6.45) is 6.76. The predicted molar refractivity (Wildman–Crippen MR) is 57.9 cm³/mol. The molecule has 2 nitrogen and oxygen atoms in total. The van der Waals surface area contributed by atoms with Crippen molar-refractivity contribution in [1.29, 1.82) is 0 Å². The van der Waals surface area contributed by atoms with Gasteiger partial charge in [0.1, 0.15) is 5.25 Å². The van der Waals surface area contributed by atoms with Gasteiger partial charge in [0, 0.05) is 17.9 Å². The maximum atomic E-state index is 11.4. The van der Waals surface area contributed by atoms with Crippen molar-refractivity contribution < 1.29 is 4.55 Å². The fourth-order valence-electron chi connectivity index (χ4n) is 1.76. The summed E-state index contributed by atoms with van der Waals surface area (Å²) < 4.78 is 14.5. The van der Waals surface area contributed by atoms with Crippen LogP contribution in [0, 0.1) is 5.92 Å². The van der Waals surface area contributed by atoms with Crippen molar-refractivity contribution in [2.45, 2.75) is 51.2 Å². The maximum Gasteiger partial charge on any atom is 0.129 e. The van der Waals surface area contributed by atoms with Crippen LogP contribution in [0.3, 0.4) is 0 Å². The molecule has 0 amide bonds. The molecule has 13 heavy (non-hydrogen) atoms. The topological polar surface area (TPSA) is 35.1 Å². The second-order valence-corrected chi connectivity index (χ2v) is 6.02. The summed E-state index contributed by atoms with van der Waals surface area (Å²) in [6, 6.07) is 0. The average molecular weight is 203 g/mol. The van der Waals surface area contributed by atoms with Gasteiger partial charge in [-0.05, 0) is 32.6 Å². The number of hydrogen-bond acceptors (Lipinski definition) is 2. The Labute approximate surface area is 84.8 Å². The molecule has 1 saturated carbocycles. The quantitative estimate of drug-likeness (QED) is 0.711. The third kappa shape index (κ3) is 4.34. The lowest BCUT2D eigenvalue weighted by Crippen LogP contribution is -2.35. The van der Waals surface area contributed by atoms with Gasteiger partial charge in [0.15, 0.2) is 0 Å². The van der Waals surface area contributed by atoms with Gasteiger partial charge in [-0.3, -0.25) is 0 Å². The Kier molecular flexibility index (Phi) is 5.14. The van der Waals surface area contributed by atoms with E-state index in [1.54, 1.807) is 0 Å². The lowest BCUT2D eigenvalue weighted by Gasteiger charge is -2.23. The molecule has 0 heterocycles. The summed E-state index contributed by atoms with van der Waals surface area (Å²) >= 11 is -0.823. The molecule has 1 aliphatic carbocycles. The van der Waals surface area contributed by atoms with Gasteiger partial charge in [-0.25, -0.2) is 0 Å². The highest BCUT2D eigenvalue weighted by molar-refractivity contribution is 7.90. The first-order valence-corrected chi connectivity index (χ1v) is 6.55. The molecule has 0 aromatic rings. The summed E-state index contributed by atoms with van der Waals surface area (Å²) in [6.45, 7) is 4.93. The zero-order chi connectivity index (χ0) is 9.68. The van der Waals surface area contributed by atoms with Gasteiger partial charge < -0.3 is 4.55 Å². The molecule has 0 aromatic heterocycles. The van der Waals surface area contributed by atoms with Gasteiger partial charge >= 0.3 is 0 Å². The van der Waals surface area contributed by atoms with Crippen LogP contribution in [0.2, 0.25) is 0 Å². The van der Waals surface area contributed by atoms with Gasteiger partial charge in [0.25, 0.3) is 0 Å². The molecule has 78 valence electrons. The smallest absolute Gasteiger partial charge is 0.129 e. The molecule has 1 aliphatic rings. The van der Waals surface area contributed by atoms with Crippen molar-refractivity contribution >= 4 is 11.4 Å². The van der Waals surface area contributed by atoms with Crippen molar-refractivity contribution in [2.24, 2.45) is 5.92 Å². The highest BCUT2D eigenvalue weighted by atomic mass is 32.2. The molecule has 0 bridgehead atoms. The monoisotopic (exact) mass is 203 g/mol. The maximum absolute atomic E-state index is 11.4. The molecule has 0 aromatic carbocycles. The lowest BCUT2D eigenvalue weighted by atomic mass is 9.90. The second kappa shape index (κ2) is 5.89. The molecule has 3 heteroatoms. The van der Waals surface area contributed by atoms with Crippen molar-refractivity contribution in [3.8, 4) is 0 Å². The molecule has 1 rings (SSSR count). The predicted octanol–water partition coefficient (Wildman–Crippen LogP) is 2.23. The van der Waals surface area contributed by atoms with Crippen LogP contribution in [-0.4, -0.2) is 16.3 Å². The van der Waals surface area contributed by atoms with Gasteiger partial charge in [-0.1, -0.05) is 19.3 Å². The van der Waals surface area contributed by atoms with Crippen LogP contribution in [0.5, 0.6) is 0 Å². The molecule has 0 aliphatic heterocycles. The first-order valence-electron chi connectivity index (χ1n) is 5.34. The third-order valence-electron chi connectivity index (χ3n) is 2.67.